The van der Waals surface area contributed by atoms with Crippen LogP contribution in [0.3, 0.4) is 0 Å². The Morgan fingerprint density at radius 2 is 1.45 bits per heavy atom. The van der Waals surface area contributed by atoms with Crippen molar-refractivity contribution in [2.45, 2.75) is 52.9 Å². The molecular formula is C32H45N5O4S. The number of phenols is 1. The van der Waals surface area contributed by atoms with Crippen molar-refractivity contribution < 1.29 is 20.1 Å². The number of hydrogen-bond donors (Lipinski definition) is 5. The number of β-amino-alcohol motifs (C(OH)–C–C–N with tert-alkyl or cyclic N) is 1. The average molecular weight is 596 g/mol. The van der Waals surface area contributed by atoms with Crippen molar-refractivity contribution in [3.63, 3.8) is 0 Å². The van der Waals surface area contributed by atoms with Gasteiger partial charge in [0.1, 0.15) is 10.8 Å². The number of carboxylic acid groups (broad SMARTS) is 1. The molecule has 1 aliphatic heterocycles. The predicted molar refractivity (Wildman–Crippen MR) is 172 cm³/mol. The van der Waals surface area contributed by atoms with Gasteiger partial charge < -0.3 is 26.0 Å². The van der Waals surface area contributed by atoms with Crippen LogP contribution in [0.5, 0.6) is 5.75 Å². The minimum Gasteiger partial charge on any atom is -0.508 e. The number of rotatable bonds is 7. The molecule has 0 aliphatic carbocycles. The highest BCUT2D eigenvalue weighted by molar-refractivity contribution is 7.15. The molecule has 42 heavy (non-hydrogen) atoms. The van der Waals surface area contributed by atoms with Gasteiger partial charge in [-0.1, -0.05) is 104 Å². The second kappa shape index (κ2) is 22.8. The maximum absolute atomic E-state index is 8.76. The summed E-state index contributed by atoms with van der Waals surface area (Å²) in [5, 5.41) is 40.7. The van der Waals surface area contributed by atoms with Crippen LogP contribution in [0.25, 0.3) is 0 Å². The molecule has 0 saturated carbocycles. The van der Waals surface area contributed by atoms with Crippen LogP contribution >= 0.6 is 11.3 Å². The number of aliphatic hydroxyl groups excluding tert-OH is 1. The highest BCUT2D eigenvalue weighted by atomic mass is 32.1. The fraction of sp³-hybridized carbons (Fsp3) is 0.344. The van der Waals surface area contributed by atoms with Gasteiger partial charge in [-0.25, -0.2) is 0 Å². The van der Waals surface area contributed by atoms with E-state index < -0.39 is 0 Å². The van der Waals surface area contributed by atoms with Crippen LogP contribution in [0.1, 0.15) is 42.0 Å². The van der Waals surface area contributed by atoms with E-state index in [9.17, 15) is 0 Å². The number of aromatic nitrogens is 2. The number of aryl methyl sites for hydroxylation is 1. The van der Waals surface area contributed by atoms with Crippen molar-refractivity contribution in [1.82, 2.24) is 20.4 Å². The van der Waals surface area contributed by atoms with Crippen molar-refractivity contribution >= 4 is 22.9 Å². The number of anilines is 1. The van der Waals surface area contributed by atoms with E-state index in [-0.39, 0.29) is 12.6 Å². The van der Waals surface area contributed by atoms with Crippen LogP contribution < -0.4 is 10.6 Å². The molecular weight excluding hydrogens is 550 g/mol. The molecule has 5 N–H and O–H groups in total. The second-order valence-corrected chi connectivity index (χ2v) is 10.0. The Hall–Kier alpha value is -3.83. The fourth-order valence-electron chi connectivity index (χ4n) is 3.64. The molecule has 5 rings (SSSR count). The zero-order valence-corrected chi connectivity index (χ0v) is 25.8. The molecule has 1 unspecified atom stereocenters. The molecule has 10 heteroatoms. The summed E-state index contributed by atoms with van der Waals surface area (Å²) in [5.74, 6) is 0.329. The summed E-state index contributed by atoms with van der Waals surface area (Å²) in [6.07, 6.45) is 0.866. The van der Waals surface area contributed by atoms with Gasteiger partial charge in [-0.2, -0.15) is 0 Å². The van der Waals surface area contributed by atoms with Crippen molar-refractivity contribution in [3.8, 4) is 5.75 Å². The largest absolute Gasteiger partial charge is 0.508 e. The molecule has 0 amide bonds. The Morgan fingerprint density at radius 3 is 1.81 bits per heavy atom. The summed E-state index contributed by atoms with van der Waals surface area (Å²) in [5.41, 5.74) is 3.78. The summed E-state index contributed by atoms with van der Waals surface area (Å²) < 4.78 is 0. The second-order valence-electron chi connectivity index (χ2n) is 8.95. The summed E-state index contributed by atoms with van der Waals surface area (Å²) in [6.45, 7) is 10.1. The Kier molecular flexibility index (Phi) is 19.7. The van der Waals surface area contributed by atoms with E-state index in [0.29, 0.717) is 5.75 Å². The lowest BCUT2D eigenvalue weighted by Gasteiger charge is -2.21. The monoisotopic (exact) mass is 595 g/mol. The molecule has 1 aliphatic rings. The van der Waals surface area contributed by atoms with Gasteiger partial charge in [0.05, 0.1) is 12.6 Å². The van der Waals surface area contributed by atoms with Crippen LogP contribution in [-0.2, 0) is 24.4 Å². The Morgan fingerprint density at radius 1 is 0.929 bits per heavy atom. The van der Waals surface area contributed by atoms with E-state index in [2.05, 4.69) is 86.4 Å². The standard InChI is InChI=1S/C18H20N4S.C7H8O.C4H9NO.C2H6.CH2O2/c1-19-18-21-20-17(23-18)14-22(12-15-8-4-2-5-9-15)13-16-10-6-3-7-11-16;1-6-2-4-7(8)5-3-6;6-4-1-2-5-3-4;1-2;2-1-3/h2-11H,12-14H2,1H3,(H,19,21);2-5,8H,1H3;4-6H,1-3H2;1-2H3;1H,(H,2,3). The molecule has 2 heterocycles. The maximum atomic E-state index is 8.76. The highest BCUT2D eigenvalue weighted by Gasteiger charge is 2.12. The van der Waals surface area contributed by atoms with Gasteiger partial charge in [0.15, 0.2) is 0 Å². The van der Waals surface area contributed by atoms with Crippen LogP contribution in [0.15, 0.2) is 84.9 Å². The first-order chi connectivity index (χ1) is 20.4. The lowest BCUT2D eigenvalue weighted by atomic mass is 10.1. The molecule has 1 atom stereocenters. The molecule has 0 bridgehead atoms. The van der Waals surface area contributed by atoms with Crippen molar-refractivity contribution in [3.05, 3.63) is 107 Å². The summed E-state index contributed by atoms with van der Waals surface area (Å²) >= 11 is 1.61. The van der Waals surface area contributed by atoms with Crippen molar-refractivity contribution in [1.29, 1.82) is 0 Å². The third kappa shape index (κ3) is 16.4. The van der Waals surface area contributed by atoms with E-state index in [4.69, 9.17) is 20.1 Å². The minimum absolute atomic E-state index is 0.0648. The highest BCUT2D eigenvalue weighted by Crippen LogP contribution is 2.19. The number of hydrogen-bond acceptors (Lipinski definition) is 9. The topological polar surface area (TPSA) is 131 Å². The lowest BCUT2D eigenvalue weighted by molar-refractivity contribution is -0.122. The predicted octanol–water partition coefficient (Wildman–Crippen LogP) is 5.55. The molecule has 9 nitrogen and oxygen atoms in total. The number of aromatic hydroxyl groups is 1. The van der Waals surface area contributed by atoms with Crippen LogP contribution in [0, 0.1) is 6.92 Å². The number of phenolic OH excluding ortho intramolecular Hbond substituents is 1. The molecule has 1 fully saturated rings. The molecule has 0 radical (unpaired) electrons. The van der Waals surface area contributed by atoms with Gasteiger partial charge in [0.2, 0.25) is 5.13 Å². The summed E-state index contributed by atoms with van der Waals surface area (Å²) in [7, 11) is 1.87. The first kappa shape index (κ1) is 36.2. The zero-order chi connectivity index (χ0) is 31.0. The number of nitrogens with zero attached hydrogens (tertiary/aromatic N) is 3. The van der Waals surface area contributed by atoms with Crippen molar-refractivity contribution in [2.24, 2.45) is 0 Å². The van der Waals surface area contributed by atoms with Gasteiger partial charge in [0, 0.05) is 26.7 Å². The molecule has 1 saturated heterocycles. The number of benzene rings is 3. The molecule has 4 aromatic rings. The van der Waals surface area contributed by atoms with E-state index in [1.807, 2.05) is 40.0 Å². The quantitative estimate of drug-likeness (QED) is 0.175. The molecule has 1 aromatic heterocycles. The van der Waals surface area contributed by atoms with Gasteiger partial charge in [0.25, 0.3) is 6.47 Å². The van der Waals surface area contributed by atoms with Gasteiger partial charge >= 0.3 is 0 Å². The zero-order valence-electron chi connectivity index (χ0n) is 25.0. The van der Waals surface area contributed by atoms with E-state index >= 15 is 0 Å². The molecule has 0 spiro atoms. The third-order valence-electron chi connectivity index (χ3n) is 5.61. The number of nitrogens with one attached hydrogen (secondary N) is 2. The number of carbonyl (C=O) groups is 1. The first-order valence-electron chi connectivity index (χ1n) is 14.0. The van der Waals surface area contributed by atoms with Gasteiger partial charge in [-0.3, -0.25) is 9.69 Å². The maximum Gasteiger partial charge on any atom is 0.290 e. The fourth-order valence-corrected chi connectivity index (χ4v) is 4.38. The normalized spacial score (nSPS) is 13.0. The van der Waals surface area contributed by atoms with Gasteiger partial charge in [-0.05, 0) is 43.1 Å². The Labute approximate surface area is 253 Å². The van der Waals surface area contributed by atoms with Crippen molar-refractivity contribution in [2.75, 3.05) is 25.5 Å². The van der Waals surface area contributed by atoms with Crippen LogP contribution in [0.2, 0.25) is 0 Å². The van der Waals surface area contributed by atoms with Crippen LogP contribution in [-0.4, -0.2) is 63.1 Å². The Balaban J connectivity index is 0.000000377. The SMILES string of the molecule is CC.CNc1nnc(CN(Cc2ccccc2)Cc2ccccc2)s1.Cc1ccc(O)cc1.O=CO.OC1CCNC1. The van der Waals surface area contributed by atoms with Gasteiger partial charge in [-0.15, -0.1) is 10.2 Å². The summed E-state index contributed by atoms with van der Waals surface area (Å²) in [4.78, 5) is 10.8. The van der Waals surface area contributed by atoms with Crippen LogP contribution in [0.4, 0.5) is 5.13 Å². The smallest absolute Gasteiger partial charge is 0.290 e. The van der Waals surface area contributed by atoms with E-state index in [1.54, 1.807) is 23.5 Å². The lowest BCUT2D eigenvalue weighted by Crippen LogP contribution is -2.22. The first-order valence-corrected chi connectivity index (χ1v) is 14.8. The minimum atomic E-state index is -0.250. The Bertz CT molecular complexity index is 1130. The molecule has 228 valence electrons. The summed E-state index contributed by atoms with van der Waals surface area (Å²) in [6, 6.07) is 28.2. The van der Waals surface area contributed by atoms with E-state index in [0.717, 1.165) is 49.3 Å². The average Bonchev–Trinajstić information content (AvgIpc) is 3.69. The number of aliphatic hydroxyl groups is 1. The third-order valence-corrected chi connectivity index (χ3v) is 6.53. The molecule has 3 aromatic carbocycles. The van der Waals surface area contributed by atoms with E-state index in [1.165, 1.54) is 16.7 Å².